The van der Waals surface area contributed by atoms with E-state index in [1.807, 2.05) is 25.1 Å². The molecule has 0 N–H and O–H groups in total. The smallest absolute Gasteiger partial charge is 0.313 e. The molecule has 0 aliphatic rings. The SMILES string of the molecule is Cc1cccc([C@H](/C=C\CS(=O)(=O)OCC(F)(F)F)P(=O)(c2ccccc2)c2ccccc2)c1. The average molecular weight is 508 g/mol. The first kappa shape index (κ1) is 25.9. The lowest BCUT2D eigenvalue weighted by atomic mass is 10.1. The quantitative estimate of drug-likeness (QED) is 0.217. The van der Waals surface area contributed by atoms with Gasteiger partial charge in [-0.1, -0.05) is 103 Å². The number of benzene rings is 3. The normalized spacial score (nSPS) is 13.8. The van der Waals surface area contributed by atoms with E-state index in [9.17, 15) is 26.2 Å². The summed E-state index contributed by atoms with van der Waals surface area (Å²) in [6, 6.07) is 25.1. The van der Waals surface area contributed by atoms with Crippen molar-refractivity contribution in [2.24, 2.45) is 0 Å². The Balaban J connectivity index is 2.08. The summed E-state index contributed by atoms with van der Waals surface area (Å²) in [5.74, 6) is -0.783. The molecule has 3 aromatic rings. The minimum atomic E-state index is -4.77. The van der Waals surface area contributed by atoms with Crippen LogP contribution in [-0.4, -0.2) is 27.0 Å². The van der Waals surface area contributed by atoms with Gasteiger partial charge in [0.15, 0.2) is 13.7 Å². The van der Waals surface area contributed by atoms with Crippen molar-refractivity contribution in [1.29, 1.82) is 0 Å². The number of allylic oxidation sites excluding steroid dienone is 1. The van der Waals surface area contributed by atoms with E-state index in [-0.39, 0.29) is 0 Å². The Morgan fingerprint density at radius 3 is 1.97 bits per heavy atom. The summed E-state index contributed by atoms with van der Waals surface area (Å²) in [6.07, 6.45) is -2.07. The highest BCUT2D eigenvalue weighted by molar-refractivity contribution is 7.86. The molecule has 0 fully saturated rings. The van der Waals surface area contributed by atoms with Crippen molar-refractivity contribution >= 4 is 27.9 Å². The Labute approximate surface area is 197 Å². The van der Waals surface area contributed by atoms with Crippen LogP contribution < -0.4 is 10.6 Å². The predicted octanol–water partition coefficient (Wildman–Crippen LogP) is 5.52. The van der Waals surface area contributed by atoms with Crippen molar-refractivity contribution in [1.82, 2.24) is 0 Å². The molecule has 0 aromatic heterocycles. The summed E-state index contributed by atoms with van der Waals surface area (Å²) in [5.41, 5.74) is 0.862. The fourth-order valence-electron chi connectivity index (χ4n) is 3.57. The maximum atomic E-state index is 14.9. The van der Waals surface area contributed by atoms with Crippen LogP contribution in [0.3, 0.4) is 0 Å². The maximum absolute atomic E-state index is 14.9. The van der Waals surface area contributed by atoms with Crippen molar-refractivity contribution in [2.75, 3.05) is 12.4 Å². The van der Waals surface area contributed by atoms with Gasteiger partial charge in [0.2, 0.25) is 0 Å². The molecule has 0 amide bonds. The Hall–Kier alpha value is -2.67. The fraction of sp³-hybridized carbons (Fsp3) is 0.200. The standard InChI is InChI=1S/C25H24F3O4PS/c1-20-10-8-11-21(18-20)24(16-9-17-34(30,31)32-19-25(26,27)28)33(29,22-12-4-2-5-13-22)23-14-6-3-7-15-23/h2-16,18,24H,17,19H2,1H3/b16-9-/t24-/m0/s1. The molecule has 1 atom stereocenters. The Bertz CT molecular complexity index is 1230. The molecule has 0 unspecified atom stereocenters. The van der Waals surface area contributed by atoms with Gasteiger partial charge >= 0.3 is 6.18 Å². The minimum Gasteiger partial charge on any atom is -0.313 e. The second-order valence-corrected chi connectivity index (χ2v) is 12.3. The van der Waals surface area contributed by atoms with Crippen LogP contribution in [0.5, 0.6) is 0 Å². The highest BCUT2D eigenvalue weighted by Crippen LogP contribution is 2.58. The molecule has 3 rings (SSSR count). The van der Waals surface area contributed by atoms with Gasteiger partial charge in [-0.2, -0.15) is 21.6 Å². The van der Waals surface area contributed by atoms with Crippen molar-refractivity contribution in [3.63, 3.8) is 0 Å². The Kier molecular flexibility index (Phi) is 8.18. The molecule has 0 bridgehead atoms. The molecule has 0 aliphatic carbocycles. The van der Waals surface area contributed by atoms with Gasteiger partial charge in [-0.25, -0.2) is 0 Å². The number of rotatable bonds is 9. The zero-order valence-corrected chi connectivity index (χ0v) is 20.1. The monoisotopic (exact) mass is 508 g/mol. The Morgan fingerprint density at radius 1 is 0.912 bits per heavy atom. The molecule has 180 valence electrons. The second-order valence-electron chi connectivity index (χ2n) is 7.72. The van der Waals surface area contributed by atoms with Crippen molar-refractivity contribution in [3.8, 4) is 0 Å². The van der Waals surface area contributed by atoms with Crippen LogP contribution in [0, 0.1) is 6.92 Å². The highest BCUT2D eigenvalue weighted by Gasteiger charge is 2.36. The molecule has 0 saturated carbocycles. The molecular weight excluding hydrogens is 484 g/mol. The molecular formula is C25H24F3O4PS. The summed E-state index contributed by atoms with van der Waals surface area (Å²) in [4.78, 5) is 0. The number of halogens is 3. The summed E-state index contributed by atoms with van der Waals surface area (Å²) in [7, 11) is -7.87. The van der Waals surface area contributed by atoms with Crippen LogP contribution in [-0.2, 0) is 18.9 Å². The van der Waals surface area contributed by atoms with Crippen LogP contribution in [0.1, 0.15) is 16.8 Å². The number of alkyl halides is 3. The van der Waals surface area contributed by atoms with Gasteiger partial charge in [0.25, 0.3) is 10.1 Å². The first-order chi connectivity index (χ1) is 16.0. The van der Waals surface area contributed by atoms with E-state index in [1.54, 1.807) is 66.7 Å². The molecule has 4 nitrogen and oxygen atoms in total. The second kappa shape index (κ2) is 10.7. The molecule has 0 spiro atoms. The summed E-state index contributed by atoms with van der Waals surface area (Å²) in [6.45, 7) is -0.00726. The van der Waals surface area contributed by atoms with Crippen molar-refractivity contribution in [3.05, 3.63) is 108 Å². The van der Waals surface area contributed by atoms with Gasteiger partial charge in [0, 0.05) is 10.6 Å². The summed E-state index contributed by atoms with van der Waals surface area (Å²) in [5, 5.41) is 1.15. The van der Waals surface area contributed by atoms with Gasteiger partial charge in [0.05, 0.1) is 11.4 Å². The van der Waals surface area contributed by atoms with Crippen LogP contribution in [0.4, 0.5) is 13.2 Å². The third-order valence-corrected chi connectivity index (χ3v) is 9.54. The zero-order valence-electron chi connectivity index (χ0n) is 18.4. The molecule has 9 heteroatoms. The Morgan fingerprint density at radius 2 is 1.47 bits per heavy atom. The van der Waals surface area contributed by atoms with Crippen molar-refractivity contribution in [2.45, 2.75) is 18.8 Å². The van der Waals surface area contributed by atoms with Gasteiger partial charge in [-0.05, 0) is 12.5 Å². The van der Waals surface area contributed by atoms with Crippen molar-refractivity contribution < 1.29 is 30.3 Å². The predicted molar refractivity (Wildman–Crippen MR) is 129 cm³/mol. The molecule has 0 heterocycles. The van der Waals surface area contributed by atoms with E-state index in [1.165, 1.54) is 12.2 Å². The van der Waals surface area contributed by atoms with Gasteiger partial charge in [-0.3, -0.25) is 4.18 Å². The van der Waals surface area contributed by atoms with Gasteiger partial charge < -0.3 is 4.57 Å². The minimum absolute atomic E-state index is 0.577. The molecule has 3 aromatic carbocycles. The van der Waals surface area contributed by atoms with E-state index >= 15 is 0 Å². The maximum Gasteiger partial charge on any atom is 0.413 e. The lowest BCUT2D eigenvalue weighted by Gasteiger charge is -2.27. The molecule has 0 saturated heterocycles. The summed E-state index contributed by atoms with van der Waals surface area (Å²) >= 11 is 0. The lowest BCUT2D eigenvalue weighted by Crippen LogP contribution is -2.22. The van der Waals surface area contributed by atoms with Crippen LogP contribution in [0.2, 0.25) is 0 Å². The van der Waals surface area contributed by atoms with Gasteiger partial charge in [-0.15, -0.1) is 0 Å². The summed E-state index contributed by atoms with van der Waals surface area (Å²) < 4.78 is 80.1. The number of hydrogen-bond acceptors (Lipinski definition) is 4. The molecule has 34 heavy (non-hydrogen) atoms. The van der Waals surface area contributed by atoms with Crippen LogP contribution >= 0.6 is 7.14 Å². The third kappa shape index (κ3) is 6.69. The van der Waals surface area contributed by atoms with E-state index in [0.29, 0.717) is 16.2 Å². The first-order valence-electron chi connectivity index (χ1n) is 10.4. The largest absolute Gasteiger partial charge is 0.413 e. The van der Waals surface area contributed by atoms with Crippen LogP contribution in [0.25, 0.3) is 0 Å². The van der Waals surface area contributed by atoms with Crippen LogP contribution in [0.15, 0.2) is 97.1 Å². The highest BCUT2D eigenvalue weighted by atomic mass is 32.2. The molecule has 0 aliphatic heterocycles. The van der Waals surface area contributed by atoms with E-state index < -0.39 is 41.5 Å². The fourth-order valence-corrected chi connectivity index (χ4v) is 7.44. The number of aryl methyl sites for hydroxylation is 1. The molecule has 0 radical (unpaired) electrons. The lowest BCUT2D eigenvalue weighted by molar-refractivity contribution is -0.152. The topological polar surface area (TPSA) is 60.4 Å². The number of hydrogen-bond donors (Lipinski definition) is 0. The third-order valence-electron chi connectivity index (χ3n) is 5.08. The van der Waals surface area contributed by atoms with Gasteiger partial charge in [0.1, 0.15) is 0 Å². The zero-order chi connectivity index (χ0) is 24.8. The average Bonchev–Trinajstić information content (AvgIpc) is 2.81. The van der Waals surface area contributed by atoms with E-state index in [4.69, 9.17) is 0 Å². The van der Waals surface area contributed by atoms with E-state index in [2.05, 4.69) is 4.18 Å². The first-order valence-corrected chi connectivity index (χ1v) is 13.7. The van der Waals surface area contributed by atoms with E-state index in [0.717, 1.165) is 5.56 Å².